The van der Waals surface area contributed by atoms with Crippen LogP contribution in [-0.4, -0.2) is 22.9 Å². The second-order valence-corrected chi connectivity index (χ2v) is 8.72. The Kier molecular flexibility index (Phi) is 7.26. The molecule has 0 aliphatic heterocycles. The van der Waals surface area contributed by atoms with Crippen molar-refractivity contribution in [2.45, 2.75) is 51.9 Å². The van der Waals surface area contributed by atoms with E-state index in [2.05, 4.69) is 12.2 Å². The molecule has 0 bridgehead atoms. The number of primary amides is 1. The van der Waals surface area contributed by atoms with Gasteiger partial charge in [0.1, 0.15) is 5.00 Å². The lowest BCUT2D eigenvalue weighted by Crippen LogP contribution is -2.36. The van der Waals surface area contributed by atoms with Gasteiger partial charge in [0.05, 0.1) is 17.4 Å². The van der Waals surface area contributed by atoms with Crippen molar-refractivity contribution in [3.63, 3.8) is 0 Å². The van der Waals surface area contributed by atoms with E-state index in [9.17, 15) is 19.5 Å². The molecule has 1 saturated carbocycles. The highest BCUT2D eigenvalue weighted by Crippen LogP contribution is 2.37. The van der Waals surface area contributed by atoms with Crippen molar-refractivity contribution in [1.29, 1.82) is 0 Å². The van der Waals surface area contributed by atoms with E-state index < -0.39 is 23.7 Å². The number of amides is 2. The molecule has 4 N–H and O–H groups in total. The van der Waals surface area contributed by atoms with Gasteiger partial charge in [-0.15, -0.1) is 11.3 Å². The average Bonchev–Trinajstić information content (AvgIpc) is 3.16. The van der Waals surface area contributed by atoms with E-state index in [1.807, 2.05) is 29.6 Å². The molecular weight excluding hydrogens is 400 g/mol. The summed E-state index contributed by atoms with van der Waals surface area (Å²) in [6, 6.07) is 8.02. The summed E-state index contributed by atoms with van der Waals surface area (Å²) in [6.45, 7) is 2.15. The Labute approximate surface area is 180 Å². The minimum Gasteiger partial charge on any atom is -0.481 e. The van der Waals surface area contributed by atoms with Crippen molar-refractivity contribution < 1.29 is 19.5 Å². The van der Waals surface area contributed by atoms with Crippen molar-refractivity contribution in [1.82, 2.24) is 0 Å². The quantitative estimate of drug-likeness (QED) is 0.567. The van der Waals surface area contributed by atoms with Gasteiger partial charge < -0.3 is 16.2 Å². The van der Waals surface area contributed by atoms with Crippen LogP contribution in [0, 0.1) is 11.8 Å². The van der Waals surface area contributed by atoms with Crippen LogP contribution in [-0.2, 0) is 16.0 Å². The predicted octanol–water partition coefficient (Wildman–Crippen LogP) is 4.69. The molecule has 1 aliphatic rings. The van der Waals surface area contributed by atoms with Crippen molar-refractivity contribution in [3.8, 4) is 11.1 Å². The monoisotopic (exact) mass is 428 g/mol. The third-order valence-electron chi connectivity index (χ3n) is 5.78. The number of aryl methyl sites for hydroxylation is 1. The topological polar surface area (TPSA) is 109 Å². The van der Waals surface area contributed by atoms with Gasteiger partial charge in [-0.1, -0.05) is 50.5 Å². The van der Waals surface area contributed by atoms with Gasteiger partial charge in [-0.05, 0) is 36.8 Å². The molecule has 1 heterocycles. The zero-order valence-corrected chi connectivity index (χ0v) is 18.0. The minimum absolute atomic E-state index is 0.275. The lowest BCUT2D eigenvalue weighted by atomic mass is 9.78. The first-order valence-corrected chi connectivity index (χ1v) is 11.3. The molecular formula is C23H28N2O4S. The van der Waals surface area contributed by atoms with Crippen LogP contribution in [0.2, 0.25) is 0 Å². The summed E-state index contributed by atoms with van der Waals surface area (Å²) in [5.41, 5.74) is 8.70. The van der Waals surface area contributed by atoms with Gasteiger partial charge in [0.25, 0.3) is 5.91 Å². The molecule has 6 nitrogen and oxygen atoms in total. The summed E-state index contributed by atoms with van der Waals surface area (Å²) >= 11 is 1.24. The molecule has 0 spiro atoms. The molecule has 160 valence electrons. The molecule has 0 unspecified atom stereocenters. The molecule has 2 amide bonds. The molecule has 1 aromatic heterocycles. The van der Waals surface area contributed by atoms with Crippen LogP contribution in [0.5, 0.6) is 0 Å². The molecule has 30 heavy (non-hydrogen) atoms. The van der Waals surface area contributed by atoms with E-state index in [0.717, 1.165) is 37.7 Å². The number of anilines is 1. The van der Waals surface area contributed by atoms with Crippen LogP contribution >= 0.6 is 11.3 Å². The third kappa shape index (κ3) is 4.90. The Bertz CT molecular complexity index is 920. The van der Waals surface area contributed by atoms with Gasteiger partial charge in [0.15, 0.2) is 0 Å². The summed E-state index contributed by atoms with van der Waals surface area (Å²) < 4.78 is 0. The number of carbonyl (C=O) groups is 3. The number of carbonyl (C=O) groups excluding carboxylic acids is 2. The van der Waals surface area contributed by atoms with Gasteiger partial charge in [-0.3, -0.25) is 14.4 Å². The highest BCUT2D eigenvalue weighted by Gasteiger charge is 2.36. The standard InChI is InChI=1S/C23H28N2O4S/c1-2-3-6-14-9-11-15(12-10-14)18-13-30-22(19(18)20(24)26)25-21(27)16-7-4-5-8-17(16)23(28)29/h9-13,16-17H,2-8H2,1H3,(H2,24,26)(H,25,27)(H,28,29)/t16-,17+/m1/s1. The van der Waals surface area contributed by atoms with Gasteiger partial charge >= 0.3 is 5.97 Å². The zero-order chi connectivity index (χ0) is 21.7. The van der Waals surface area contributed by atoms with E-state index in [-0.39, 0.29) is 11.5 Å². The highest BCUT2D eigenvalue weighted by atomic mass is 32.1. The van der Waals surface area contributed by atoms with E-state index in [4.69, 9.17) is 5.73 Å². The maximum Gasteiger partial charge on any atom is 0.307 e. The molecule has 7 heteroatoms. The number of nitrogens with two attached hydrogens (primary N) is 1. The normalized spacial score (nSPS) is 18.7. The van der Waals surface area contributed by atoms with Crippen LogP contribution in [0.1, 0.15) is 61.4 Å². The van der Waals surface area contributed by atoms with Gasteiger partial charge in [-0.25, -0.2) is 0 Å². The van der Waals surface area contributed by atoms with Crippen LogP contribution in [0.4, 0.5) is 5.00 Å². The number of thiophene rings is 1. The Balaban J connectivity index is 1.83. The number of carboxylic acid groups (broad SMARTS) is 1. The highest BCUT2D eigenvalue weighted by molar-refractivity contribution is 7.15. The van der Waals surface area contributed by atoms with E-state index in [1.54, 1.807) is 0 Å². The Hall–Kier alpha value is -2.67. The molecule has 0 radical (unpaired) electrons. The zero-order valence-electron chi connectivity index (χ0n) is 17.1. The molecule has 1 fully saturated rings. The van der Waals surface area contributed by atoms with Crippen LogP contribution in [0.25, 0.3) is 11.1 Å². The van der Waals surface area contributed by atoms with E-state index in [0.29, 0.717) is 23.4 Å². The lowest BCUT2D eigenvalue weighted by molar-refractivity contribution is -0.147. The molecule has 3 rings (SSSR count). The fourth-order valence-electron chi connectivity index (χ4n) is 4.08. The number of rotatable bonds is 8. The smallest absolute Gasteiger partial charge is 0.307 e. The summed E-state index contributed by atoms with van der Waals surface area (Å²) in [7, 11) is 0. The first kappa shape index (κ1) is 22.0. The summed E-state index contributed by atoms with van der Waals surface area (Å²) in [5.74, 6) is -3.20. The molecule has 0 saturated heterocycles. The number of hydrogen-bond donors (Lipinski definition) is 3. The predicted molar refractivity (Wildman–Crippen MR) is 119 cm³/mol. The maximum absolute atomic E-state index is 12.8. The number of nitrogens with one attached hydrogen (secondary N) is 1. The van der Waals surface area contributed by atoms with Crippen molar-refractivity contribution in [3.05, 3.63) is 40.8 Å². The van der Waals surface area contributed by atoms with Gasteiger partial charge in [0, 0.05) is 10.9 Å². The maximum atomic E-state index is 12.8. The third-order valence-corrected chi connectivity index (χ3v) is 6.67. The van der Waals surface area contributed by atoms with E-state index in [1.165, 1.54) is 16.9 Å². The lowest BCUT2D eigenvalue weighted by Gasteiger charge is -2.27. The minimum atomic E-state index is -0.944. The Morgan fingerprint density at radius 1 is 1.13 bits per heavy atom. The Morgan fingerprint density at radius 2 is 1.80 bits per heavy atom. The van der Waals surface area contributed by atoms with Crippen molar-refractivity contribution in [2.75, 3.05) is 5.32 Å². The van der Waals surface area contributed by atoms with E-state index >= 15 is 0 Å². The molecule has 2 atom stereocenters. The summed E-state index contributed by atoms with van der Waals surface area (Å²) in [4.78, 5) is 36.6. The fraction of sp³-hybridized carbons (Fsp3) is 0.435. The number of benzene rings is 1. The molecule has 1 aromatic carbocycles. The van der Waals surface area contributed by atoms with Gasteiger partial charge in [-0.2, -0.15) is 0 Å². The van der Waals surface area contributed by atoms with Crippen LogP contribution in [0.15, 0.2) is 29.6 Å². The number of unbranched alkanes of at least 4 members (excludes halogenated alkanes) is 1. The fourth-order valence-corrected chi connectivity index (χ4v) is 5.06. The van der Waals surface area contributed by atoms with Crippen LogP contribution in [0.3, 0.4) is 0 Å². The second kappa shape index (κ2) is 9.89. The molecule has 2 aromatic rings. The number of hydrogen-bond acceptors (Lipinski definition) is 4. The van der Waals surface area contributed by atoms with Crippen molar-refractivity contribution in [2.24, 2.45) is 17.6 Å². The number of carboxylic acids is 1. The molecule has 1 aliphatic carbocycles. The van der Waals surface area contributed by atoms with Crippen molar-refractivity contribution >= 4 is 34.1 Å². The Morgan fingerprint density at radius 3 is 2.40 bits per heavy atom. The van der Waals surface area contributed by atoms with Gasteiger partial charge in [0.2, 0.25) is 5.91 Å². The van der Waals surface area contributed by atoms with Crippen LogP contribution < -0.4 is 11.1 Å². The SMILES string of the molecule is CCCCc1ccc(-c2csc(NC(=O)[C@@H]3CCCC[C@@H]3C(=O)O)c2C(N)=O)cc1. The second-order valence-electron chi connectivity index (χ2n) is 7.84. The first-order valence-electron chi connectivity index (χ1n) is 10.5. The largest absolute Gasteiger partial charge is 0.481 e. The summed E-state index contributed by atoms with van der Waals surface area (Å²) in [6.07, 6.45) is 5.93. The summed E-state index contributed by atoms with van der Waals surface area (Å²) in [5, 5.41) is 14.4. The average molecular weight is 429 g/mol. The first-order chi connectivity index (χ1) is 14.4. The number of aliphatic carboxylic acids is 1.